The molecule has 0 aliphatic rings. The zero-order chi connectivity index (χ0) is 14.9. The van der Waals surface area contributed by atoms with Crippen LogP contribution in [0.1, 0.15) is 16.2 Å². The van der Waals surface area contributed by atoms with Gasteiger partial charge in [-0.15, -0.1) is 0 Å². The summed E-state index contributed by atoms with van der Waals surface area (Å²) >= 11 is 12.7. The van der Waals surface area contributed by atoms with Gasteiger partial charge in [-0.05, 0) is 6.92 Å². The molecular formula is C10H6Cl2N4O3S. The molecular weight excluding hydrogens is 327 g/mol. The Morgan fingerprint density at radius 2 is 2.15 bits per heavy atom. The van der Waals surface area contributed by atoms with Crippen LogP contribution in [0.15, 0.2) is 12.1 Å². The number of benzene rings is 1. The Kier molecular flexibility index (Phi) is 4.17. The van der Waals surface area contributed by atoms with Crippen molar-refractivity contribution in [2.45, 2.75) is 6.92 Å². The summed E-state index contributed by atoms with van der Waals surface area (Å²) in [4.78, 5) is 26.1. The monoisotopic (exact) mass is 332 g/mol. The van der Waals surface area contributed by atoms with Gasteiger partial charge in [0.25, 0.3) is 11.6 Å². The molecule has 0 bridgehead atoms. The molecule has 1 aromatic carbocycles. The van der Waals surface area contributed by atoms with E-state index in [2.05, 4.69) is 14.7 Å². The van der Waals surface area contributed by atoms with E-state index in [0.717, 1.165) is 23.7 Å². The maximum absolute atomic E-state index is 12.0. The summed E-state index contributed by atoms with van der Waals surface area (Å²) in [5.41, 5.74) is -0.420. The number of carbonyl (C=O) groups is 1. The van der Waals surface area contributed by atoms with Gasteiger partial charge >= 0.3 is 0 Å². The molecule has 7 nitrogen and oxygen atoms in total. The highest BCUT2D eigenvalue weighted by Gasteiger charge is 2.20. The summed E-state index contributed by atoms with van der Waals surface area (Å²) < 4.78 is 3.90. The van der Waals surface area contributed by atoms with Crippen molar-refractivity contribution < 1.29 is 9.72 Å². The van der Waals surface area contributed by atoms with Crippen LogP contribution < -0.4 is 5.32 Å². The first-order valence-corrected chi connectivity index (χ1v) is 6.66. The van der Waals surface area contributed by atoms with E-state index < -0.39 is 10.8 Å². The van der Waals surface area contributed by atoms with Gasteiger partial charge in [0.05, 0.1) is 20.5 Å². The number of amides is 1. The zero-order valence-corrected chi connectivity index (χ0v) is 12.2. The van der Waals surface area contributed by atoms with Crippen molar-refractivity contribution in [2.75, 3.05) is 5.32 Å². The number of halogens is 2. The van der Waals surface area contributed by atoms with E-state index >= 15 is 0 Å². The Balaban J connectivity index is 2.36. The SMILES string of the molecule is Cc1nsc(NC(=O)c2cc([N+](=O)[O-])cc(Cl)c2Cl)n1. The number of non-ortho nitro benzene ring substituents is 1. The topological polar surface area (TPSA) is 98.0 Å². The predicted octanol–water partition coefficient (Wildman–Crippen LogP) is 3.31. The smallest absolute Gasteiger partial charge is 0.271 e. The summed E-state index contributed by atoms with van der Waals surface area (Å²) in [6, 6.07) is 2.13. The number of carbonyl (C=O) groups excluding carboxylic acids is 1. The van der Waals surface area contributed by atoms with Crippen LogP contribution in [-0.2, 0) is 0 Å². The van der Waals surface area contributed by atoms with E-state index in [1.54, 1.807) is 6.92 Å². The Morgan fingerprint density at radius 1 is 1.45 bits per heavy atom. The standard InChI is InChI=1S/C10H6Cl2N4O3S/c1-4-13-10(20-15-4)14-9(17)6-2-5(16(18)19)3-7(11)8(6)12/h2-3H,1H3,(H,13,14,15,17). The fraction of sp³-hybridized carbons (Fsp3) is 0.100. The fourth-order valence-corrected chi connectivity index (χ4v) is 2.34. The average molecular weight is 333 g/mol. The molecule has 1 heterocycles. The lowest BCUT2D eigenvalue weighted by molar-refractivity contribution is -0.384. The second-order valence-electron chi connectivity index (χ2n) is 3.65. The summed E-state index contributed by atoms with van der Waals surface area (Å²) in [5.74, 6) is -0.134. The third-order valence-corrected chi connectivity index (χ3v) is 3.74. The molecule has 104 valence electrons. The molecule has 0 unspecified atom stereocenters. The molecule has 0 spiro atoms. The second kappa shape index (κ2) is 5.70. The number of rotatable bonds is 3. The van der Waals surface area contributed by atoms with Crippen LogP contribution in [0.2, 0.25) is 10.0 Å². The van der Waals surface area contributed by atoms with Crippen LogP contribution in [0.3, 0.4) is 0 Å². The molecule has 1 amide bonds. The van der Waals surface area contributed by atoms with Crippen molar-refractivity contribution >= 4 is 51.5 Å². The maximum atomic E-state index is 12.0. The number of hydrogen-bond acceptors (Lipinski definition) is 6. The summed E-state index contributed by atoms with van der Waals surface area (Å²) in [5, 5.41) is 13.3. The third kappa shape index (κ3) is 3.03. The van der Waals surface area contributed by atoms with Crippen LogP contribution >= 0.6 is 34.7 Å². The van der Waals surface area contributed by atoms with Crippen molar-refractivity contribution in [3.63, 3.8) is 0 Å². The van der Waals surface area contributed by atoms with Crippen LogP contribution in [0.5, 0.6) is 0 Å². The number of anilines is 1. The number of aryl methyl sites for hydroxylation is 1. The molecule has 10 heteroatoms. The molecule has 1 N–H and O–H groups in total. The van der Waals surface area contributed by atoms with Gasteiger partial charge in [-0.3, -0.25) is 20.2 Å². The summed E-state index contributed by atoms with van der Waals surface area (Å²) in [6.07, 6.45) is 0. The predicted molar refractivity (Wildman–Crippen MR) is 75.7 cm³/mol. The van der Waals surface area contributed by atoms with E-state index in [1.807, 2.05) is 0 Å². The molecule has 0 atom stereocenters. The first-order valence-electron chi connectivity index (χ1n) is 5.13. The number of hydrogen-bond donors (Lipinski definition) is 1. The lowest BCUT2D eigenvalue weighted by Gasteiger charge is -2.05. The van der Waals surface area contributed by atoms with Crippen molar-refractivity contribution in [3.05, 3.63) is 43.7 Å². The minimum Gasteiger partial charge on any atom is -0.297 e. The first kappa shape index (κ1) is 14.6. The van der Waals surface area contributed by atoms with Gasteiger partial charge in [-0.25, -0.2) is 4.98 Å². The third-order valence-electron chi connectivity index (χ3n) is 2.22. The molecule has 0 radical (unpaired) electrons. The molecule has 2 rings (SSSR count). The molecule has 0 aliphatic carbocycles. The Labute approximate surface area is 126 Å². The van der Waals surface area contributed by atoms with Gasteiger partial charge in [0.15, 0.2) is 0 Å². The van der Waals surface area contributed by atoms with Crippen molar-refractivity contribution in [2.24, 2.45) is 0 Å². The Hall–Kier alpha value is -1.77. The Bertz CT molecular complexity index is 704. The average Bonchev–Trinajstić information content (AvgIpc) is 2.77. The molecule has 0 aliphatic heterocycles. The van der Waals surface area contributed by atoms with Gasteiger partial charge in [0.1, 0.15) is 5.82 Å². The van der Waals surface area contributed by atoms with Crippen LogP contribution in [0.4, 0.5) is 10.8 Å². The van der Waals surface area contributed by atoms with E-state index in [4.69, 9.17) is 23.2 Å². The highest BCUT2D eigenvalue weighted by molar-refractivity contribution is 7.09. The molecule has 0 saturated heterocycles. The van der Waals surface area contributed by atoms with Crippen molar-refractivity contribution in [1.29, 1.82) is 0 Å². The van der Waals surface area contributed by atoms with Gasteiger partial charge in [-0.1, -0.05) is 23.2 Å². The normalized spacial score (nSPS) is 10.3. The molecule has 20 heavy (non-hydrogen) atoms. The van der Waals surface area contributed by atoms with Gasteiger partial charge in [0.2, 0.25) is 5.13 Å². The van der Waals surface area contributed by atoms with Crippen molar-refractivity contribution in [1.82, 2.24) is 9.36 Å². The molecule has 2 aromatic rings. The van der Waals surface area contributed by atoms with Crippen molar-refractivity contribution in [3.8, 4) is 0 Å². The Morgan fingerprint density at radius 3 is 2.70 bits per heavy atom. The summed E-state index contributed by atoms with van der Waals surface area (Å²) in [6.45, 7) is 1.67. The number of nitro benzene ring substituents is 1. The van der Waals surface area contributed by atoms with E-state index in [1.165, 1.54) is 0 Å². The van der Waals surface area contributed by atoms with Gasteiger partial charge in [0, 0.05) is 23.7 Å². The van der Waals surface area contributed by atoms with Gasteiger partial charge in [-0.2, -0.15) is 4.37 Å². The highest BCUT2D eigenvalue weighted by Crippen LogP contribution is 2.31. The van der Waals surface area contributed by atoms with Crippen LogP contribution in [0.25, 0.3) is 0 Å². The second-order valence-corrected chi connectivity index (χ2v) is 5.18. The quantitative estimate of drug-likeness (QED) is 0.686. The lowest BCUT2D eigenvalue weighted by Crippen LogP contribution is -2.13. The number of aromatic nitrogens is 2. The van der Waals surface area contributed by atoms with E-state index in [-0.39, 0.29) is 26.4 Å². The number of nitro groups is 1. The van der Waals surface area contributed by atoms with Gasteiger partial charge < -0.3 is 0 Å². The highest BCUT2D eigenvalue weighted by atomic mass is 35.5. The lowest BCUT2D eigenvalue weighted by atomic mass is 10.2. The van der Waals surface area contributed by atoms with E-state index in [9.17, 15) is 14.9 Å². The van der Waals surface area contributed by atoms with Crippen LogP contribution in [0, 0.1) is 17.0 Å². The van der Waals surface area contributed by atoms with Crippen LogP contribution in [-0.4, -0.2) is 20.2 Å². The maximum Gasteiger partial charge on any atom is 0.271 e. The molecule has 1 aromatic heterocycles. The number of nitrogens with zero attached hydrogens (tertiary/aromatic N) is 3. The number of nitrogens with one attached hydrogen (secondary N) is 1. The fourth-order valence-electron chi connectivity index (χ4n) is 1.36. The summed E-state index contributed by atoms with van der Waals surface area (Å²) in [7, 11) is 0. The zero-order valence-electron chi connectivity index (χ0n) is 9.89. The molecule has 0 saturated carbocycles. The minimum atomic E-state index is -0.659. The largest absolute Gasteiger partial charge is 0.297 e. The molecule has 0 fully saturated rings. The van der Waals surface area contributed by atoms with E-state index in [0.29, 0.717) is 5.82 Å². The minimum absolute atomic E-state index is 0.0593. The first-order chi connectivity index (χ1) is 9.38.